The van der Waals surface area contributed by atoms with Gasteiger partial charge in [0, 0.05) is 11.8 Å². The van der Waals surface area contributed by atoms with Crippen LogP contribution in [0.3, 0.4) is 0 Å². The monoisotopic (exact) mass is 242 g/mol. The minimum absolute atomic E-state index is 0.565. The van der Waals surface area contributed by atoms with Gasteiger partial charge < -0.3 is 0 Å². The van der Waals surface area contributed by atoms with Crippen LogP contribution in [0.25, 0.3) is 0 Å². The molecule has 0 fully saturated rings. The van der Waals surface area contributed by atoms with Crippen molar-refractivity contribution in [1.82, 2.24) is 0 Å². The average Bonchev–Trinajstić information content (AvgIpc) is 3.01. The smallest absolute Gasteiger partial charge is 0.0175 e. The molecule has 0 aromatic carbocycles. The van der Waals surface area contributed by atoms with E-state index in [1.807, 2.05) is 0 Å². The normalized spacial score (nSPS) is 23.9. The second-order valence-electron chi connectivity index (χ2n) is 5.25. The lowest BCUT2D eigenvalue weighted by molar-refractivity contribution is 0.629. The summed E-state index contributed by atoms with van der Waals surface area (Å²) in [6.45, 7) is 9.30. The van der Waals surface area contributed by atoms with Crippen LogP contribution in [0.4, 0.5) is 0 Å². The van der Waals surface area contributed by atoms with Crippen molar-refractivity contribution in [1.29, 1.82) is 0 Å². The summed E-state index contributed by atoms with van der Waals surface area (Å²) in [7, 11) is 0. The predicted octanol–water partition coefficient (Wildman–Crippen LogP) is 5.59. The lowest BCUT2D eigenvalue weighted by atomic mass is 9.83. The fourth-order valence-corrected chi connectivity index (χ4v) is 3.83. The predicted molar refractivity (Wildman–Crippen MR) is 80.5 cm³/mol. The van der Waals surface area contributed by atoms with Gasteiger partial charge in [-0.25, -0.2) is 0 Å². The van der Waals surface area contributed by atoms with Gasteiger partial charge in [0.2, 0.25) is 0 Å². The highest BCUT2D eigenvalue weighted by Crippen LogP contribution is 2.47. The molecule has 1 atom stereocenters. The van der Waals surface area contributed by atoms with E-state index in [0.29, 0.717) is 11.8 Å². The molecule has 0 spiro atoms. The molecule has 0 saturated carbocycles. The van der Waals surface area contributed by atoms with Crippen LogP contribution in [0.1, 0.15) is 53.4 Å². The summed E-state index contributed by atoms with van der Waals surface area (Å²) in [5, 5.41) is 0. The van der Waals surface area contributed by atoms with Gasteiger partial charge in [0.15, 0.2) is 0 Å². The van der Waals surface area contributed by atoms with Gasteiger partial charge in [0.05, 0.1) is 0 Å². The van der Waals surface area contributed by atoms with Crippen LogP contribution >= 0.6 is 0 Å². The summed E-state index contributed by atoms with van der Waals surface area (Å²) in [5.74, 6) is 1.27. The zero-order valence-corrected chi connectivity index (χ0v) is 12.3. The molecule has 0 radical (unpaired) electrons. The van der Waals surface area contributed by atoms with Crippen LogP contribution in [0.2, 0.25) is 0 Å². The molecular formula is C18H26. The molecule has 0 nitrogen and oxygen atoms in total. The van der Waals surface area contributed by atoms with Gasteiger partial charge in [-0.2, -0.15) is 0 Å². The molecule has 0 aromatic heterocycles. The lowest BCUT2D eigenvalue weighted by Gasteiger charge is -2.21. The molecule has 2 aliphatic rings. The van der Waals surface area contributed by atoms with Crippen molar-refractivity contribution in [2.45, 2.75) is 53.4 Å². The highest BCUT2D eigenvalue weighted by molar-refractivity contribution is 5.53. The van der Waals surface area contributed by atoms with Crippen molar-refractivity contribution in [3.63, 3.8) is 0 Å². The van der Waals surface area contributed by atoms with Gasteiger partial charge in [0.1, 0.15) is 0 Å². The standard InChI is InChI=1S/C18H26/c1-5-14-15(6-2)17(8-4)18(16(14)7-3)13-11-9-10-12-13/h9-13,16H,5-8H2,1-4H3. The molecule has 0 N–H and O–H groups in total. The van der Waals surface area contributed by atoms with Gasteiger partial charge in [-0.3, -0.25) is 0 Å². The number of allylic oxidation sites excluding steroid dienone is 8. The summed E-state index contributed by atoms with van der Waals surface area (Å²) >= 11 is 0. The van der Waals surface area contributed by atoms with E-state index < -0.39 is 0 Å². The molecule has 0 heterocycles. The van der Waals surface area contributed by atoms with E-state index in [9.17, 15) is 0 Å². The van der Waals surface area contributed by atoms with E-state index in [1.165, 1.54) is 25.7 Å². The Bertz CT molecular complexity index is 417. The SMILES string of the molecule is CCC1=C(CC)C(CC)C(C2C=CC=C2)=C1CC. The number of hydrogen-bond acceptors (Lipinski definition) is 0. The zero-order chi connectivity index (χ0) is 13.1. The van der Waals surface area contributed by atoms with Crippen LogP contribution in [0, 0.1) is 11.8 Å². The Morgan fingerprint density at radius 1 is 0.833 bits per heavy atom. The molecule has 2 aliphatic carbocycles. The summed E-state index contributed by atoms with van der Waals surface area (Å²) in [5.41, 5.74) is 6.78. The Morgan fingerprint density at radius 3 is 1.89 bits per heavy atom. The quantitative estimate of drug-likeness (QED) is 0.589. The van der Waals surface area contributed by atoms with Crippen molar-refractivity contribution < 1.29 is 0 Å². The maximum Gasteiger partial charge on any atom is 0.0175 e. The van der Waals surface area contributed by atoms with E-state index in [1.54, 1.807) is 22.3 Å². The molecule has 18 heavy (non-hydrogen) atoms. The van der Waals surface area contributed by atoms with Gasteiger partial charge in [0.25, 0.3) is 0 Å². The van der Waals surface area contributed by atoms with Crippen LogP contribution in [0.5, 0.6) is 0 Å². The molecular weight excluding hydrogens is 216 g/mol. The van der Waals surface area contributed by atoms with Crippen molar-refractivity contribution in [3.8, 4) is 0 Å². The van der Waals surface area contributed by atoms with Gasteiger partial charge in [-0.1, -0.05) is 57.6 Å². The summed E-state index contributed by atoms with van der Waals surface area (Å²) in [6.07, 6.45) is 14.0. The lowest BCUT2D eigenvalue weighted by Crippen LogP contribution is -2.09. The molecule has 0 aliphatic heterocycles. The fraction of sp³-hybridized carbons (Fsp3) is 0.556. The Kier molecular flexibility index (Phi) is 4.27. The summed E-state index contributed by atoms with van der Waals surface area (Å²) in [4.78, 5) is 0. The van der Waals surface area contributed by atoms with Gasteiger partial charge >= 0.3 is 0 Å². The molecule has 2 rings (SSSR count). The second kappa shape index (κ2) is 5.73. The fourth-order valence-electron chi connectivity index (χ4n) is 3.83. The first kappa shape index (κ1) is 13.4. The average molecular weight is 242 g/mol. The molecule has 0 aromatic rings. The van der Waals surface area contributed by atoms with Crippen molar-refractivity contribution >= 4 is 0 Å². The Labute approximate surface area is 112 Å². The van der Waals surface area contributed by atoms with Gasteiger partial charge in [-0.05, 0) is 42.4 Å². The molecule has 1 unspecified atom stereocenters. The minimum atomic E-state index is 0.565. The van der Waals surface area contributed by atoms with Crippen LogP contribution in [-0.2, 0) is 0 Å². The third-order valence-electron chi connectivity index (χ3n) is 4.50. The molecule has 0 saturated heterocycles. The first-order chi connectivity index (χ1) is 8.78. The summed E-state index contributed by atoms with van der Waals surface area (Å²) in [6, 6.07) is 0. The third-order valence-corrected chi connectivity index (χ3v) is 4.50. The highest BCUT2D eigenvalue weighted by atomic mass is 14.4. The second-order valence-corrected chi connectivity index (χ2v) is 5.25. The first-order valence-electron chi connectivity index (χ1n) is 7.58. The molecule has 0 bridgehead atoms. The zero-order valence-electron chi connectivity index (χ0n) is 12.3. The Hall–Kier alpha value is -1.04. The first-order valence-corrected chi connectivity index (χ1v) is 7.58. The summed E-state index contributed by atoms with van der Waals surface area (Å²) < 4.78 is 0. The molecule has 98 valence electrons. The Morgan fingerprint density at radius 2 is 1.44 bits per heavy atom. The largest absolute Gasteiger partial charge is 0.0735 e. The molecule has 0 amide bonds. The third kappa shape index (κ3) is 2.02. The molecule has 0 heteroatoms. The van der Waals surface area contributed by atoms with Crippen LogP contribution in [0.15, 0.2) is 46.6 Å². The maximum absolute atomic E-state index is 2.36. The van der Waals surface area contributed by atoms with E-state index in [4.69, 9.17) is 0 Å². The van der Waals surface area contributed by atoms with E-state index >= 15 is 0 Å². The van der Waals surface area contributed by atoms with E-state index in [2.05, 4.69) is 52.0 Å². The number of hydrogen-bond donors (Lipinski definition) is 0. The van der Waals surface area contributed by atoms with Crippen LogP contribution < -0.4 is 0 Å². The van der Waals surface area contributed by atoms with Crippen molar-refractivity contribution in [3.05, 3.63) is 46.6 Å². The highest BCUT2D eigenvalue weighted by Gasteiger charge is 2.32. The van der Waals surface area contributed by atoms with Crippen molar-refractivity contribution in [2.24, 2.45) is 11.8 Å². The Balaban J connectivity index is 2.47. The van der Waals surface area contributed by atoms with Crippen molar-refractivity contribution in [2.75, 3.05) is 0 Å². The van der Waals surface area contributed by atoms with Gasteiger partial charge in [-0.15, -0.1) is 0 Å². The topological polar surface area (TPSA) is 0 Å². The minimum Gasteiger partial charge on any atom is -0.0735 e. The van der Waals surface area contributed by atoms with Crippen LogP contribution in [-0.4, -0.2) is 0 Å². The maximum atomic E-state index is 2.36. The van der Waals surface area contributed by atoms with E-state index in [0.717, 1.165) is 0 Å². The van der Waals surface area contributed by atoms with E-state index in [-0.39, 0.29) is 0 Å². The number of rotatable bonds is 5.